The highest BCUT2D eigenvalue weighted by Gasteiger charge is 2.26. The van der Waals surface area contributed by atoms with Gasteiger partial charge < -0.3 is 14.5 Å². The molecule has 0 radical (unpaired) electrons. The number of hydrogen-bond acceptors (Lipinski definition) is 3. The van der Waals surface area contributed by atoms with Crippen molar-refractivity contribution in [2.45, 2.75) is 31.7 Å². The van der Waals surface area contributed by atoms with E-state index < -0.39 is 0 Å². The van der Waals surface area contributed by atoms with Crippen molar-refractivity contribution in [3.05, 3.63) is 77.1 Å². The Hall–Kier alpha value is -4.02. The Labute approximate surface area is 204 Å². The summed E-state index contributed by atoms with van der Waals surface area (Å²) in [5, 5.41) is 14.7. The van der Waals surface area contributed by atoms with E-state index in [0.29, 0.717) is 11.7 Å². The van der Waals surface area contributed by atoms with Gasteiger partial charge in [0.25, 0.3) is 0 Å². The fourth-order valence-corrected chi connectivity index (χ4v) is 5.38. The minimum absolute atomic E-state index is 0.289. The zero-order valence-corrected chi connectivity index (χ0v) is 20.4. The largest absolute Gasteiger partial charge is 0.348 e. The van der Waals surface area contributed by atoms with Crippen molar-refractivity contribution in [3.63, 3.8) is 0 Å². The molecule has 7 heteroatoms. The molecule has 0 bridgehead atoms. The van der Waals surface area contributed by atoms with Gasteiger partial charge in [0.15, 0.2) is 0 Å². The molecule has 0 spiro atoms. The van der Waals surface area contributed by atoms with Gasteiger partial charge in [-0.25, -0.2) is 4.79 Å². The minimum atomic E-state index is -0.300. The van der Waals surface area contributed by atoms with E-state index in [0.717, 1.165) is 45.9 Å². The molecule has 2 aromatic carbocycles. The summed E-state index contributed by atoms with van der Waals surface area (Å²) in [7, 11) is 5.72. The van der Waals surface area contributed by atoms with Gasteiger partial charge in [-0.1, -0.05) is 49.2 Å². The van der Waals surface area contributed by atoms with Gasteiger partial charge in [0, 0.05) is 52.9 Å². The van der Waals surface area contributed by atoms with Crippen LogP contribution in [0.4, 0.5) is 0 Å². The first kappa shape index (κ1) is 22.8. The molecular formula is C28H30N6O. The van der Waals surface area contributed by atoms with E-state index in [2.05, 4.69) is 45.3 Å². The molecule has 1 aliphatic carbocycles. The molecule has 3 aromatic heterocycles. The van der Waals surface area contributed by atoms with Crippen LogP contribution in [0.15, 0.2) is 65.7 Å². The average molecular weight is 467 g/mol. The number of para-hydroxylation sites is 2. The van der Waals surface area contributed by atoms with Crippen molar-refractivity contribution < 1.29 is 0 Å². The third-order valence-corrected chi connectivity index (χ3v) is 6.84. The number of aromatic nitrogens is 4. The molecule has 2 N–H and O–H groups in total. The molecule has 7 nitrogen and oxygen atoms in total. The molecule has 1 fully saturated rings. The second kappa shape index (κ2) is 9.32. The number of hydrogen-bond donors (Lipinski definition) is 2. The molecule has 178 valence electrons. The molecule has 0 saturated heterocycles. The van der Waals surface area contributed by atoms with Crippen LogP contribution >= 0.6 is 0 Å². The van der Waals surface area contributed by atoms with E-state index in [4.69, 9.17) is 0 Å². The smallest absolute Gasteiger partial charge is 0.331 e. The van der Waals surface area contributed by atoms with Crippen LogP contribution in [0.25, 0.3) is 38.8 Å². The summed E-state index contributed by atoms with van der Waals surface area (Å²) in [4.78, 5) is 16.0. The number of nitriles is 1. The summed E-state index contributed by atoms with van der Waals surface area (Å²) < 4.78 is 6.03. The van der Waals surface area contributed by atoms with Crippen molar-refractivity contribution in [1.29, 1.82) is 5.26 Å². The molecule has 6 rings (SSSR count). The third-order valence-electron chi connectivity index (χ3n) is 6.84. The first-order valence-corrected chi connectivity index (χ1v) is 12.1. The summed E-state index contributed by atoms with van der Waals surface area (Å²) >= 11 is 0. The van der Waals surface area contributed by atoms with Gasteiger partial charge in [-0.2, -0.15) is 5.26 Å². The molecule has 5 aromatic rings. The molecular weight excluding hydrogens is 436 g/mol. The van der Waals surface area contributed by atoms with Crippen molar-refractivity contribution in [3.8, 4) is 23.0 Å². The second-order valence-electron chi connectivity index (χ2n) is 9.15. The average Bonchev–Trinajstić information content (AvgIpc) is 3.64. The lowest BCUT2D eigenvalue weighted by atomic mass is 10.1. The van der Waals surface area contributed by atoms with Crippen LogP contribution in [0.2, 0.25) is 0 Å². The lowest BCUT2D eigenvalue weighted by Gasteiger charge is -2.13. The molecule has 3 heterocycles. The first-order chi connectivity index (χ1) is 17.1. The number of aryl methyl sites for hydroxylation is 1. The Balaban J connectivity index is 0.000000806. The monoisotopic (exact) mass is 466 g/mol. The van der Waals surface area contributed by atoms with Gasteiger partial charge in [0.05, 0.1) is 11.4 Å². The van der Waals surface area contributed by atoms with Gasteiger partial charge >= 0.3 is 5.69 Å². The predicted molar refractivity (Wildman–Crippen MR) is 141 cm³/mol. The van der Waals surface area contributed by atoms with Crippen LogP contribution in [0.1, 0.15) is 37.4 Å². The van der Waals surface area contributed by atoms with Crippen LogP contribution in [-0.2, 0) is 7.05 Å². The van der Waals surface area contributed by atoms with E-state index in [1.807, 2.05) is 62.2 Å². The molecule has 1 saturated carbocycles. The van der Waals surface area contributed by atoms with Crippen molar-refractivity contribution in [2.24, 2.45) is 7.05 Å². The quantitative estimate of drug-likeness (QED) is 0.388. The van der Waals surface area contributed by atoms with Crippen LogP contribution < -0.4 is 11.0 Å². The van der Waals surface area contributed by atoms with E-state index in [1.54, 1.807) is 4.57 Å². The number of nitrogens with zero attached hydrogens (tertiary/aromatic N) is 4. The predicted octanol–water partition coefficient (Wildman–Crippen LogP) is 5.10. The number of H-pyrrole nitrogens is 1. The topological polar surface area (TPSA) is 83.5 Å². The van der Waals surface area contributed by atoms with E-state index >= 15 is 0 Å². The van der Waals surface area contributed by atoms with Crippen LogP contribution in [0.5, 0.6) is 0 Å². The van der Waals surface area contributed by atoms with Crippen LogP contribution in [0, 0.1) is 11.3 Å². The van der Waals surface area contributed by atoms with Gasteiger partial charge in [-0.3, -0.25) is 9.55 Å². The Morgan fingerprint density at radius 3 is 2.29 bits per heavy atom. The van der Waals surface area contributed by atoms with Gasteiger partial charge in [0.2, 0.25) is 0 Å². The van der Waals surface area contributed by atoms with Crippen molar-refractivity contribution in [1.82, 2.24) is 24.0 Å². The zero-order chi connectivity index (χ0) is 24.5. The molecule has 35 heavy (non-hydrogen) atoms. The third kappa shape index (κ3) is 3.76. The Morgan fingerprint density at radius 1 is 0.971 bits per heavy atom. The molecule has 1 aliphatic rings. The van der Waals surface area contributed by atoms with Crippen LogP contribution in [-0.4, -0.2) is 32.8 Å². The number of nitrogens with one attached hydrogen (secondary N) is 2. The molecule has 0 amide bonds. The highest BCUT2D eigenvalue weighted by Crippen LogP contribution is 2.39. The second-order valence-corrected chi connectivity index (χ2v) is 9.15. The van der Waals surface area contributed by atoms with E-state index in [9.17, 15) is 10.1 Å². The number of aromatic amines is 1. The Bertz CT molecular complexity index is 1600. The maximum Gasteiger partial charge on any atom is 0.331 e. The van der Waals surface area contributed by atoms with Gasteiger partial charge in [-0.15, -0.1) is 0 Å². The summed E-state index contributed by atoms with van der Waals surface area (Å²) in [6.07, 6.45) is 8.90. The fourth-order valence-electron chi connectivity index (χ4n) is 5.38. The maximum absolute atomic E-state index is 13.2. The number of benzene rings is 2. The Morgan fingerprint density at radius 2 is 1.60 bits per heavy atom. The summed E-state index contributed by atoms with van der Waals surface area (Å²) in [5.41, 5.74) is 4.49. The minimum Gasteiger partial charge on any atom is -0.348 e. The van der Waals surface area contributed by atoms with Crippen LogP contribution in [0.3, 0.4) is 0 Å². The standard InChI is InChI=1S/C26H23N5O.C2H7N/c1-29-16-24(19-11-5-6-12-22(19)29)31-25(21(14-27)28-26(31)32)20-15-30(17-8-2-3-9-17)23-13-7-4-10-18(20)23;1-3-2/h4-7,10-13,15-17H,2-3,8-9H2,1H3,(H,28,32);3H,1-2H3. The maximum atomic E-state index is 13.2. The van der Waals surface area contributed by atoms with Crippen molar-refractivity contribution >= 4 is 21.8 Å². The van der Waals surface area contributed by atoms with Gasteiger partial charge in [-0.05, 0) is 39.1 Å². The summed E-state index contributed by atoms with van der Waals surface area (Å²) in [5.74, 6) is 0. The zero-order valence-electron chi connectivity index (χ0n) is 20.4. The Kier molecular flexibility index (Phi) is 6.06. The first-order valence-electron chi connectivity index (χ1n) is 12.1. The van der Waals surface area contributed by atoms with Crippen molar-refractivity contribution in [2.75, 3.05) is 14.1 Å². The van der Waals surface area contributed by atoms with E-state index in [-0.39, 0.29) is 11.4 Å². The molecule has 0 unspecified atom stereocenters. The number of fused-ring (bicyclic) bond motifs is 2. The highest BCUT2D eigenvalue weighted by molar-refractivity contribution is 5.98. The normalized spacial score (nSPS) is 13.8. The number of rotatable bonds is 3. The SMILES string of the molecule is CNC.Cn1cc(-n2c(-c3cn(C4CCCC4)c4ccccc34)c(C#N)[nH]c2=O)c2ccccc21. The number of imidazole rings is 1. The van der Waals surface area contributed by atoms with Gasteiger partial charge in [0.1, 0.15) is 11.8 Å². The molecule has 0 aliphatic heterocycles. The summed E-state index contributed by atoms with van der Waals surface area (Å²) in [6.45, 7) is 0. The molecule has 0 atom stereocenters. The highest BCUT2D eigenvalue weighted by atomic mass is 16.1. The lowest BCUT2D eigenvalue weighted by Crippen LogP contribution is -2.15. The summed E-state index contributed by atoms with van der Waals surface area (Å²) in [6, 6.07) is 19.0. The van der Waals surface area contributed by atoms with E-state index in [1.165, 1.54) is 12.8 Å². The fraction of sp³-hybridized carbons (Fsp3) is 0.286. The lowest BCUT2D eigenvalue weighted by molar-refractivity contribution is 0.536.